The van der Waals surface area contributed by atoms with Crippen molar-refractivity contribution in [3.8, 4) is 11.5 Å². The molecule has 20 heavy (non-hydrogen) atoms. The second kappa shape index (κ2) is 6.96. The third-order valence-corrected chi connectivity index (χ3v) is 3.55. The van der Waals surface area contributed by atoms with E-state index < -0.39 is 0 Å². The van der Waals surface area contributed by atoms with E-state index in [1.807, 2.05) is 12.1 Å². The summed E-state index contributed by atoms with van der Waals surface area (Å²) in [7, 11) is 3.32. The first-order chi connectivity index (χ1) is 9.78. The number of rotatable bonds is 6. The van der Waals surface area contributed by atoms with Crippen molar-refractivity contribution in [2.24, 2.45) is 0 Å². The van der Waals surface area contributed by atoms with Crippen LogP contribution in [-0.4, -0.2) is 20.8 Å². The van der Waals surface area contributed by atoms with Gasteiger partial charge in [-0.1, -0.05) is 36.4 Å². The minimum absolute atomic E-state index is 0.386. The van der Waals surface area contributed by atoms with Gasteiger partial charge in [0.2, 0.25) is 0 Å². The Morgan fingerprint density at radius 2 is 1.65 bits per heavy atom. The molecule has 2 aromatic carbocycles. The molecule has 0 aliphatic rings. The van der Waals surface area contributed by atoms with Gasteiger partial charge in [-0.3, -0.25) is 0 Å². The third kappa shape index (κ3) is 3.31. The first-order valence-electron chi connectivity index (χ1n) is 6.83. The van der Waals surface area contributed by atoms with Crippen LogP contribution in [0.2, 0.25) is 0 Å². The lowest BCUT2D eigenvalue weighted by atomic mass is 9.92. The summed E-state index contributed by atoms with van der Waals surface area (Å²) < 4.78 is 10.7. The number of benzene rings is 2. The fourth-order valence-electron chi connectivity index (χ4n) is 2.39. The summed E-state index contributed by atoms with van der Waals surface area (Å²) in [5, 5.41) is 0. The number of methoxy groups -OCH3 is 2. The summed E-state index contributed by atoms with van der Waals surface area (Å²) in [6.45, 7) is 0.852. The van der Waals surface area contributed by atoms with Gasteiger partial charge < -0.3 is 15.2 Å². The van der Waals surface area contributed by atoms with E-state index in [2.05, 4.69) is 42.1 Å². The lowest BCUT2D eigenvalue weighted by molar-refractivity contribution is -0.372. The molecule has 0 unspecified atom stereocenters. The molecule has 3 nitrogen and oxygen atoms in total. The van der Waals surface area contributed by atoms with E-state index in [-0.39, 0.29) is 0 Å². The van der Waals surface area contributed by atoms with Crippen molar-refractivity contribution >= 4 is 0 Å². The molecule has 2 rings (SSSR count). The SMILES string of the molecule is COc1ccc([C@H](C[NH3+])Cc2ccccc2)cc1OC. The van der Waals surface area contributed by atoms with Gasteiger partial charge in [0.25, 0.3) is 0 Å². The Labute approximate surface area is 120 Å². The van der Waals surface area contributed by atoms with Crippen LogP contribution in [0.15, 0.2) is 48.5 Å². The van der Waals surface area contributed by atoms with Crippen LogP contribution in [0, 0.1) is 0 Å². The van der Waals surface area contributed by atoms with Crippen molar-refractivity contribution in [3.63, 3.8) is 0 Å². The van der Waals surface area contributed by atoms with E-state index in [1.54, 1.807) is 14.2 Å². The van der Waals surface area contributed by atoms with Crippen molar-refractivity contribution < 1.29 is 15.2 Å². The Hall–Kier alpha value is -2.00. The second-order valence-corrected chi connectivity index (χ2v) is 4.79. The summed E-state index contributed by atoms with van der Waals surface area (Å²) in [5.41, 5.74) is 6.65. The zero-order chi connectivity index (χ0) is 14.4. The Bertz CT molecular complexity index is 540. The van der Waals surface area contributed by atoms with Gasteiger partial charge in [-0.2, -0.15) is 0 Å². The van der Waals surface area contributed by atoms with Gasteiger partial charge in [-0.25, -0.2) is 0 Å². The molecule has 0 saturated heterocycles. The maximum absolute atomic E-state index is 5.38. The van der Waals surface area contributed by atoms with Crippen LogP contribution in [0.25, 0.3) is 0 Å². The molecule has 0 radical (unpaired) electrons. The van der Waals surface area contributed by atoms with Gasteiger partial charge in [0.05, 0.1) is 20.8 Å². The Balaban J connectivity index is 2.23. The summed E-state index contributed by atoms with van der Waals surface area (Å²) >= 11 is 0. The molecular formula is C17H22NO2+. The quantitative estimate of drug-likeness (QED) is 0.877. The minimum atomic E-state index is 0.386. The van der Waals surface area contributed by atoms with Crippen LogP contribution in [0.5, 0.6) is 11.5 Å². The van der Waals surface area contributed by atoms with Crippen LogP contribution in [0.3, 0.4) is 0 Å². The zero-order valence-corrected chi connectivity index (χ0v) is 12.1. The highest BCUT2D eigenvalue weighted by Crippen LogP contribution is 2.31. The van der Waals surface area contributed by atoms with Gasteiger partial charge in [-0.15, -0.1) is 0 Å². The van der Waals surface area contributed by atoms with E-state index in [9.17, 15) is 0 Å². The van der Waals surface area contributed by atoms with E-state index >= 15 is 0 Å². The summed E-state index contributed by atoms with van der Waals surface area (Å²) in [5.74, 6) is 1.92. The number of quaternary nitrogens is 1. The average molecular weight is 272 g/mol. The Morgan fingerprint density at radius 3 is 2.25 bits per heavy atom. The number of hydrogen-bond donors (Lipinski definition) is 1. The molecule has 0 amide bonds. The van der Waals surface area contributed by atoms with Crippen LogP contribution in [0.1, 0.15) is 17.0 Å². The minimum Gasteiger partial charge on any atom is -0.493 e. The van der Waals surface area contributed by atoms with Gasteiger partial charge >= 0.3 is 0 Å². The van der Waals surface area contributed by atoms with E-state index in [0.29, 0.717) is 5.92 Å². The lowest BCUT2D eigenvalue weighted by Crippen LogP contribution is -2.53. The zero-order valence-electron chi connectivity index (χ0n) is 12.1. The highest BCUT2D eigenvalue weighted by atomic mass is 16.5. The van der Waals surface area contributed by atoms with Crippen molar-refractivity contribution in [2.45, 2.75) is 12.3 Å². The molecule has 0 fully saturated rings. The van der Waals surface area contributed by atoms with Gasteiger partial charge in [0, 0.05) is 5.92 Å². The van der Waals surface area contributed by atoms with Crippen LogP contribution < -0.4 is 15.2 Å². The van der Waals surface area contributed by atoms with Crippen LogP contribution >= 0.6 is 0 Å². The Morgan fingerprint density at radius 1 is 0.950 bits per heavy atom. The molecule has 0 bridgehead atoms. The highest BCUT2D eigenvalue weighted by molar-refractivity contribution is 5.44. The molecule has 0 aromatic heterocycles. The summed E-state index contributed by atoms with van der Waals surface area (Å²) in [4.78, 5) is 0. The molecular weight excluding hydrogens is 250 g/mol. The average Bonchev–Trinajstić information content (AvgIpc) is 2.53. The summed E-state index contributed by atoms with van der Waals surface area (Å²) in [6.07, 6.45) is 0.986. The maximum Gasteiger partial charge on any atom is 0.161 e. The van der Waals surface area contributed by atoms with E-state index in [4.69, 9.17) is 9.47 Å². The van der Waals surface area contributed by atoms with Gasteiger partial charge in [-0.05, 0) is 29.7 Å². The number of ether oxygens (including phenoxy) is 2. The summed E-state index contributed by atoms with van der Waals surface area (Å²) in [6, 6.07) is 16.6. The van der Waals surface area contributed by atoms with Crippen molar-refractivity contribution in [1.82, 2.24) is 0 Å². The van der Waals surface area contributed by atoms with Gasteiger partial charge in [0.1, 0.15) is 0 Å². The highest BCUT2D eigenvalue weighted by Gasteiger charge is 2.15. The largest absolute Gasteiger partial charge is 0.493 e. The van der Waals surface area contributed by atoms with Crippen molar-refractivity contribution in [1.29, 1.82) is 0 Å². The topological polar surface area (TPSA) is 46.1 Å². The van der Waals surface area contributed by atoms with E-state index in [0.717, 1.165) is 24.5 Å². The van der Waals surface area contributed by atoms with Crippen LogP contribution in [0.4, 0.5) is 0 Å². The molecule has 3 N–H and O–H groups in total. The fraction of sp³-hybridized carbons (Fsp3) is 0.294. The molecule has 0 spiro atoms. The molecule has 106 valence electrons. The van der Waals surface area contributed by atoms with Crippen molar-refractivity contribution in [2.75, 3.05) is 20.8 Å². The molecule has 0 heterocycles. The smallest absolute Gasteiger partial charge is 0.161 e. The predicted octanol–water partition coefficient (Wildman–Crippen LogP) is 2.27. The standard InChI is InChI=1S/C17H21NO2/c1-19-16-9-8-14(11-17(16)20-2)15(12-18)10-13-6-4-3-5-7-13/h3-9,11,15H,10,12,18H2,1-2H3/p+1/t15-/m0/s1. The molecule has 0 aliphatic carbocycles. The van der Waals surface area contributed by atoms with E-state index in [1.165, 1.54) is 11.1 Å². The number of hydrogen-bond acceptors (Lipinski definition) is 2. The third-order valence-electron chi connectivity index (χ3n) is 3.55. The van der Waals surface area contributed by atoms with Crippen molar-refractivity contribution in [3.05, 3.63) is 59.7 Å². The molecule has 2 aromatic rings. The second-order valence-electron chi connectivity index (χ2n) is 4.79. The monoisotopic (exact) mass is 272 g/mol. The van der Waals surface area contributed by atoms with Gasteiger partial charge in [0.15, 0.2) is 11.5 Å². The fourth-order valence-corrected chi connectivity index (χ4v) is 2.39. The first kappa shape index (κ1) is 14.4. The molecule has 1 atom stereocenters. The Kier molecular flexibility index (Phi) is 5.02. The maximum atomic E-state index is 5.38. The normalized spacial score (nSPS) is 11.9. The lowest BCUT2D eigenvalue weighted by Gasteiger charge is -2.16. The predicted molar refractivity (Wildman–Crippen MR) is 80.2 cm³/mol. The molecule has 0 aliphatic heterocycles. The molecule has 0 saturated carbocycles. The molecule has 3 heteroatoms. The first-order valence-corrected chi connectivity index (χ1v) is 6.83. The van der Waals surface area contributed by atoms with Crippen LogP contribution in [-0.2, 0) is 6.42 Å².